The van der Waals surface area contributed by atoms with E-state index in [1.165, 1.54) is 12.4 Å². The number of nitrogens with one attached hydrogen (secondary N) is 1. The zero-order chi connectivity index (χ0) is 23.5. The van der Waals surface area contributed by atoms with Crippen molar-refractivity contribution in [3.05, 3.63) is 52.6 Å². The Labute approximate surface area is 186 Å². The van der Waals surface area contributed by atoms with Gasteiger partial charge >= 0.3 is 6.18 Å². The normalized spacial score (nSPS) is 11.5. The molecule has 0 aliphatic carbocycles. The van der Waals surface area contributed by atoms with Crippen LogP contribution >= 0.6 is 11.6 Å². The predicted molar refractivity (Wildman–Crippen MR) is 111 cm³/mol. The van der Waals surface area contributed by atoms with Crippen LogP contribution < -0.4 is 14.8 Å². The lowest BCUT2D eigenvalue weighted by atomic mass is 10.2. The molecule has 3 aromatic rings. The first-order chi connectivity index (χ1) is 15.1. The maximum Gasteiger partial charge on any atom is 0.434 e. The zero-order valence-electron chi connectivity index (χ0n) is 17.5. The fraction of sp³-hybridized carbons (Fsp3) is 0.350. The molecule has 0 unspecified atom stereocenters. The molecule has 8 nitrogen and oxygen atoms in total. The second-order valence-electron chi connectivity index (χ2n) is 6.66. The molecule has 0 aliphatic rings. The minimum Gasteiger partial charge on any atom is -0.490 e. The number of carbonyl (C=O) groups excluding carboxylic acids is 1. The quantitative estimate of drug-likeness (QED) is 0.527. The molecule has 32 heavy (non-hydrogen) atoms. The molecule has 2 heterocycles. The number of benzene rings is 1. The number of amides is 1. The molecule has 0 bridgehead atoms. The fourth-order valence-corrected chi connectivity index (χ4v) is 3.39. The van der Waals surface area contributed by atoms with E-state index in [1.54, 1.807) is 10.7 Å². The Morgan fingerprint density at radius 3 is 2.50 bits per heavy atom. The van der Waals surface area contributed by atoms with Gasteiger partial charge in [-0.15, -0.1) is 0 Å². The van der Waals surface area contributed by atoms with Gasteiger partial charge in [0.25, 0.3) is 5.91 Å². The number of ether oxygens (including phenoxy) is 2. The fourth-order valence-electron chi connectivity index (χ4n) is 3.04. The molecular formula is C20H21ClF3N5O3. The smallest absolute Gasteiger partial charge is 0.434 e. The number of aryl methyl sites for hydroxylation is 1. The first-order valence-corrected chi connectivity index (χ1v) is 10.0. The highest BCUT2D eigenvalue weighted by Crippen LogP contribution is 2.36. The molecule has 1 amide bonds. The number of hydrogen-bond acceptors (Lipinski definition) is 5. The van der Waals surface area contributed by atoms with Crippen LogP contribution in [0.5, 0.6) is 11.5 Å². The van der Waals surface area contributed by atoms with E-state index in [-0.39, 0.29) is 5.69 Å². The van der Waals surface area contributed by atoms with Crippen LogP contribution in [0.3, 0.4) is 0 Å². The predicted octanol–water partition coefficient (Wildman–Crippen LogP) is 4.39. The summed E-state index contributed by atoms with van der Waals surface area (Å²) in [5.41, 5.74) is -0.565. The Balaban J connectivity index is 1.73. The molecule has 0 saturated carbocycles. The minimum absolute atomic E-state index is 0.279. The molecule has 0 aliphatic heterocycles. The Bertz CT molecular complexity index is 1110. The Kier molecular flexibility index (Phi) is 6.97. The number of nitrogens with zero attached hydrogens (tertiary/aromatic N) is 4. The number of halogens is 4. The maximum absolute atomic E-state index is 13.1. The molecule has 12 heteroatoms. The number of aromatic nitrogens is 4. The summed E-state index contributed by atoms with van der Waals surface area (Å²) >= 11 is 5.76. The molecule has 0 atom stereocenters. The number of alkyl halides is 3. The van der Waals surface area contributed by atoms with Crippen molar-refractivity contribution in [1.29, 1.82) is 0 Å². The topological polar surface area (TPSA) is 83.2 Å². The van der Waals surface area contributed by atoms with Crippen LogP contribution in [0.15, 0.2) is 30.6 Å². The third-order valence-electron chi connectivity index (χ3n) is 4.32. The molecule has 1 aromatic carbocycles. The molecule has 172 valence electrons. The average Bonchev–Trinajstić information content (AvgIpc) is 3.26. The van der Waals surface area contributed by atoms with Gasteiger partial charge in [0.05, 0.1) is 31.6 Å². The third-order valence-corrected chi connectivity index (χ3v) is 4.67. The van der Waals surface area contributed by atoms with Crippen LogP contribution in [0, 0.1) is 0 Å². The van der Waals surface area contributed by atoms with Crippen molar-refractivity contribution < 1.29 is 27.4 Å². The van der Waals surface area contributed by atoms with Gasteiger partial charge in [-0.25, -0.2) is 0 Å². The summed E-state index contributed by atoms with van der Waals surface area (Å²) in [5, 5.41) is 9.46. The lowest BCUT2D eigenvalue weighted by Gasteiger charge is -2.12. The summed E-state index contributed by atoms with van der Waals surface area (Å²) < 4.78 is 52.4. The van der Waals surface area contributed by atoms with E-state index in [0.29, 0.717) is 35.9 Å². The molecular weight excluding hydrogens is 451 g/mol. The second kappa shape index (κ2) is 9.51. The van der Waals surface area contributed by atoms with Gasteiger partial charge in [-0.1, -0.05) is 17.7 Å². The van der Waals surface area contributed by atoms with Crippen molar-refractivity contribution in [2.24, 2.45) is 7.05 Å². The number of hydrogen-bond donors (Lipinski definition) is 1. The molecule has 0 fully saturated rings. The number of anilines is 1. The van der Waals surface area contributed by atoms with Crippen molar-refractivity contribution in [3.8, 4) is 11.5 Å². The van der Waals surface area contributed by atoms with Gasteiger partial charge in [0.1, 0.15) is 5.02 Å². The highest BCUT2D eigenvalue weighted by atomic mass is 35.5. The van der Waals surface area contributed by atoms with Gasteiger partial charge in [-0.3, -0.25) is 14.2 Å². The zero-order valence-corrected chi connectivity index (χ0v) is 18.3. The summed E-state index contributed by atoms with van der Waals surface area (Å²) in [6, 6.07) is 5.50. The van der Waals surface area contributed by atoms with Crippen LogP contribution in [0.25, 0.3) is 0 Å². The lowest BCUT2D eigenvalue weighted by Crippen LogP contribution is -2.13. The SMILES string of the molecule is CCOc1ccc(Cn2cc(NC(=O)c3nn(C)c(C(F)(F)F)c3Cl)cn2)cc1OCC. The number of carbonyl (C=O) groups is 1. The Morgan fingerprint density at radius 1 is 1.19 bits per heavy atom. The van der Waals surface area contributed by atoms with E-state index in [1.807, 2.05) is 26.0 Å². The molecule has 0 saturated heterocycles. The standard InChI is InChI=1S/C20H21ClF3N5O3/c1-4-31-14-7-6-12(8-15(14)32-5-2)10-29-11-13(9-25-29)26-19(30)17-16(21)18(20(22,23)24)28(3)27-17/h6-9,11H,4-5,10H2,1-3H3,(H,26,30). The van der Waals surface area contributed by atoms with Gasteiger partial charge in [0, 0.05) is 13.2 Å². The Morgan fingerprint density at radius 2 is 1.88 bits per heavy atom. The van der Waals surface area contributed by atoms with Gasteiger partial charge in [-0.05, 0) is 31.5 Å². The summed E-state index contributed by atoms with van der Waals surface area (Å²) in [6.07, 6.45) is -1.83. The number of rotatable bonds is 8. The van der Waals surface area contributed by atoms with Gasteiger partial charge in [-0.2, -0.15) is 23.4 Å². The van der Waals surface area contributed by atoms with Crippen LogP contribution in [-0.2, 0) is 19.8 Å². The first kappa shape index (κ1) is 23.5. The van der Waals surface area contributed by atoms with Crippen molar-refractivity contribution in [3.63, 3.8) is 0 Å². The van der Waals surface area contributed by atoms with E-state index in [4.69, 9.17) is 21.1 Å². The van der Waals surface area contributed by atoms with Crippen LogP contribution in [0.2, 0.25) is 5.02 Å². The van der Waals surface area contributed by atoms with Crippen LogP contribution in [0.4, 0.5) is 18.9 Å². The highest BCUT2D eigenvalue weighted by molar-refractivity contribution is 6.34. The molecule has 1 N–H and O–H groups in total. The summed E-state index contributed by atoms with van der Waals surface area (Å²) in [5.74, 6) is 0.370. The summed E-state index contributed by atoms with van der Waals surface area (Å²) in [6.45, 7) is 5.10. The van der Waals surface area contributed by atoms with Crippen LogP contribution in [-0.4, -0.2) is 38.7 Å². The maximum atomic E-state index is 13.1. The first-order valence-electron chi connectivity index (χ1n) is 9.66. The van der Waals surface area contributed by atoms with Gasteiger partial charge in [0.2, 0.25) is 0 Å². The average molecular weight is 472 g/mol. The summed E-state index contributed by atoms with van der Waals surface area (Å²) in [4.78, 5) is 12.4. The van der Waals surface area contributed by atoms with E-state index in [2.05, 4.69) is 15.5 Å². The lowest BCUT2D eigenvalue weighted by molar-refractivity contribution is -0.143. The third kappa shape index (κ3) is 5.16. The van der Waals surface area contributed by atoms with E-state index in [0.717, 1.165) is 12.6 Å². The molecule has 3 rings (SSSR count). The van der Waals surface area contributed by atoms with Crippen molar-refractivity contribution in [1.82, 2.24) is 19.6 Å². The van der Waals surface area contributed by atoms with Crippen LogP contribution in [0.1, 0.15) is 35.6 Å². The van der Waals surface area contributed by atoms with Crippen molar-refractivity contribution in [2.75, 3.05) is 18.5 Å². The second-order valence-corrected chi connectivity index (χ2v) is 7.04. The molecule has 0 radical (unpaired) electrons. The van der Waals surface area contributed by atoms with Crippen molar-refractivity contribution in [2.45, 2.75) is 26.6 Å². The highest BCUT2D eigenvalue weighted by Gasteiger charge is 2.40. The minimum atomic E-state index is -4.74. The van der Waals surface area contributed by atoms with E-state index >= 15 is 0 Å². The van der Waals surface area contributed by atoms with Crippen molar-refractivity contribution >= 4 is 23.2 Å². The largest absolute Gasteiger partial charge is 0.490 e. The monoisotopic (exact) mass is 471 g/mol. The van der Waals surface area contributed by atoms with E-state index < -0.39 is 28.5 Å². The van der Waals surface area contributed by atoms with E-state index in [9.17, 15) is 18.0 Å². The Hall–Kier alpha value is -3.21. The summed E-state index contributed by atoms with van der Waals surface area (Å²) in [7, 11) is 1.07. The molecule has 2 aromatic heterocycles. The molecule has 0 spiro atoms. The van der Waals surface area contributed by atoms with Gasteiger partial charge in [0.15, 0.2) is 22.9 Å². The van der Waals surface area contributed by atoms with Gasteiger partial charge < -0.3 is 14.8 Å².